The Morgan fingerprint density at radius 2 is 1.05 bits per heavy atom. The van der Waals surface area contributed by atoms with Crippen LogP contribution in [0, 0.1) is 10.8 Å². The Morgan fingerprint density at radius 1 is 0.762 bits per heavy atom. The van der Waals surface area contributed by atoms with E-state index in [9.17, 15) is 0 Å². The van der Waals surface area contributed by atoms with Gasteiger partial charge in [0.25, 0.3) is 0 Å². The van der Waals surface area contributed by atoms with Crippen LogP contribution < -0.4 is 0 Å². The predicted octanol–water partition coefficient (Wildman–Crippen LogP) is 5.26. The first-order valence-corrected chi connectivity index (χ1v) is 7.80. The molecule has 2 heteroatoms. The maximum absolute atomic E-state index is 4.44. The molecule has 0 heterocycles. The number of aliphatic imine (C=N–C) groups is 2. The van der Waals surface area contributed by atoms with Crippen LogP contribution in [0.1, 0.15) is 61.8 Å². The molecule has 1 rings (SSSR count). The second-order valence-corrected chi connectivity index (χ2v) is 7.25. The fourth-order valence-corrected chi connectivity index (χ4v) is 3.27. The van der Waals surface area contributed by atoms with Crippen LogP contribution in [0.3, 0.4) is 0 Å². The highest BCUT2D eigenvalue weighted by atomic mass is 14.7. The number of rotatable bonds is 4. The molecule has 0 aliphatic heterocycles. The van der Waals surface area contributed by atoms with E-state index in [0.717, 1.165) is 6.42 Å². The molecule has 0 aromatic heterocycles. The van der Waals surface area contributed by atoms with Crippen LogP contribution >= 0.6 is 0 Å². The third kappa shape index (κ3) is 2.90. The summed E-state index contributed by atoms with van der Waals surface area (Å²) in [5, 5.41) is 0. The molecule has 0 unspecified atom stereocenters. The van der Waals surface area contributed by atoms with Gasteiger partial charge in [-0.2, -0.15) is 0 Å². The van der Waals surface area contributed by atoms with Gasteiger partial charge in [-0.1, -0.05) is 38.8 Å². The first-order chi connectivity index (χ1) is 9.51. The number of hydrogen-bond acceptors (Lipinski definition) is 2. The van der Waals surface area contributed by atoms with E-state index in [1.165, 1.54) is 33.7 Å². The van der Waals surface area contributed by atoms with Gasteiger partial charge in [0.2, 0.25) is 0 Å². The highest BCUT2D eigenvalue weighted by Crippen LogP contribution is 2.48. The molecule has 0 amide bonds. The Balaban J connectivity index is 3.30. The molecule has 1 aliphatic rings. The number of hydrogen-bond donors (Lipinski definition) is 0. The van der Waals surface area contributed by atoms with Crippen LogP contribution in [-0.4, -0.2) is 25.5 Å². The SMILES string of the molecule is CN=C(C)C(C)(C)C1=C(C)C(C)=C(C(C)(C)C(C)=NC)C1. The number of nitrogens with zero attached hydrogens (tertiary/aromatic N) is 2. The van der Waals surface area contributed by atoms with Crippen molar-refractivity contribution < 1.29 is 0 Å². The van der Waals surface area contributed by atoms with Gasteiger partial charge in [-0.05, 0) is 45.3 Å². The van der Waals surface area contributed by atoms with E-state index < -0.39 is 0 Å². The summed E-state index contributed by atoms with van der Waals surface area (Å²) in [7, 11) is 3.78. The van der Waals surface area contributed by atoms with E-state index >= 15 is 0 Å². The van der Waals surface area contributed by atoms with Gasteiger partial charge in [0.15, 0.2) is 0 Å². The molecular weight excluding hydrogens is 256 g/mol. The maximum atomic E-state index is 4.44. The first-order valence-electron chi connectivity index (χ1n) is 7.80. The lowest BCUT2D eigenvalue weighted by atomic mass is 9.73. The van der Waals surface area contributed by atoms with Crippen LogP contribution in [-0.2, 0) is 0 Å². The van der Waals surface area contributed by atoms with Crippen molar-refractivity contribution in [2.75, 3.05) is 14.1 Å². The molecule has 0 spiro atoms. The van der Waals surface area contributed by atoms with Crippen molar-refractivity contribution in [3.05, 3.63) is 22.3 Å². The zero-order chi connectivity index (χ0) is 16.6. The van der Waals surface area contributed by atoms with Gasteiger partial charge < -0.3 is 0 Å². The molecule has 0 fully saturated rings. The fourth-order valence-electron chi connectivity index (χ4n) is 3.27. The van der Waals surface area contributed by atoms with E-state index in [0.29, 0.717) is 0 Å². The van der Waals surface area contributed by atoms with Crippen molar-refractivity contribution >= 4 is 11.4 Å². The lowest BCUT2D eigenvalue weighted by Crippen LogP contribution is -2.27. The van der Waals surface area contributed by atoms with Crippen molar-refractivity contribution in [3.63, 3.8) is 0 Å². The summed E-state index contributed by atoms with van der Waals surface area (Å²) in [4.78, 5) is 8.89. The average Bonchev–Trinajstić information content (AvgIpc) is 2.74. The van der Waals surface area contributed by atoms with Gasteiger partial charge in [0, 0.05) is 36.3 Å². The second kappa shape index (κ2) is 5.90. The van der Waals surface area contributed by atoms with Gasteiger partial charge in [-0.3, -0.25) is 9.98 Å². The summed E-state index contributed by atoms with van der Waals surface area (Å²) in [5.41, 5.74) is 8.34. The van der Waals surface area contributed by atoms with Gasteiger partial charge in [-0.25, -0.2) is 0 Å². The van der Waals surface area contributed by atoms with Crippen molar-refractivity contribution in [1.82, 2.24) is 0 Å². The Morgan fingerprint density at radius 3 is 1.29 bits per heavy atom. The Bertz CT molecular complexity index is 502. The van der Waals surface area contributed by atoms with E-state index in [1.54, 1.807) is 0 Å². The van der Waals surface area contributed by atoms with Crippen LogP contribution in [0.25, 0.3) is 0 Å². The molecule has 118 valence electrons. The minimum absolute atomic E-state index is 0.0230. The van der Waals surface area contributed by atoms with Crippen LogP contribution in [0.15, 0.2) is 32.3 Å². The summed E-state index contributed by atoms with van der Waals surface area (Å²) in [5.74, 6) is 0. The van der Waals surface area contributed by atoms with Crippen molar-refractivity contribution in [3.8, 4) is 0 Å². The van der Waals surface area contributed by atoms with Gasteiger partial charge >= 0.3 is 0 Å². The maximum Gasteiger partial charge on any atom is 0.0276 e. The topological polar surface area (TPSA) is 24.7 Å². The fraction of sp³-hybridized carbons (Fsp3) is 0.684. The normalized spacial score (nSPS) is 19.0. The Labute approximate surface area is 131 Å². The third-order valence-corrected chi connectivity index (χ3v) is 5.81. The van der Waals surface area contributed by atoms with Crippen molar-refractivity contribution in [2.45, 2.75) is 61.8 Å². The molecule has 0 bridgehead atoms. The molecular formula is C19H32N2. The molecule has 0 N–H and O–H groups in total. The van der Waals surface area contributed by atoms with Crippen LogP contribution in [0.4, 0.5) is 0 Å². The predicted molar refractivity (Wildman–Crippen MR) is 95.6 cm³/mol. The Hall–Kier alpha value is -1.18. The molecule has 2 nitrogen and oxygen atoms in total. The van der Waals surface area contributed by atoms with Crippen LogP contribution in [0.5, 0.6) is 0 Å². The van der Waals surface area contributed by atoms with Gasteiger partial charge in [-0.15, -0.1) is 0 Å². The lowest BCUT2D eigenvalue weighted by molar-refractivity contribution is 0.562. The molecule has 0 radical (unpaired) electrons. The first kappa shape index (κ1) is 17.9. The quantitative estimate of drug-likeness (QED) is 0.631. The molecule has 21 heavy (non-hydrogen) atoms. The van der Waals surface area contributed by atoms with Gasteiger partial charge in [0.1, 0.15) is 0 Å². The smallest absolute Gasteiger partial charge is 0.0276 e. The van der Waals surface area contributed by atoms with Gasteiger partial charge in [0.05, 0.1) is 0 Å². The standard InChI is InChI=1S/C19H32N2/c1-12-13(2)17(19(7,8)15(4)21-10)11-16(12)18(5,6)14(3)20-9/h11H2,1-10H3. The zero-order valence-electron chi connectivity index (χ0n) is 15.6. The highest BCUT2D eigenvalue weighted by molar-refractivity contribution is 5.93. The number of allylic oxidation sites excluding steroid dienone is 4. The minimum atomic E-state index is 0.0230. The summed E-state index contributed by atoms with van der Waals surface area (Å²) in [6, 6.07) is 0. The second-order valence-electron chi connectivity index (χ2n) is 7.25. The Kier molecular flexibility index (Phi) is 5.02. The summed E-state index contributed by atoms with van der Waals surface area (Å²) >= 11 is 0. The monoisotopic (exact) mass is 288 g/mol. The summed E-state index contributed by atoms with van der Waals surface area (Å²) in [6.45, 7) is 18.0. The molecule has 0 saturated carbocycles. The summed E-state index contributed by atoms with van der Waals surface area (Å²) < 4.78 is 0. The van der Waals surface area contributed by atoms with E-state index in [-0.39, 0.29) is 10.8 Å². The third-order valence-electron chi connectivity index (χ3n) is 5.81. The molecule has 0 atom stereocenters. The van der Waals surface area contributed by atoms with E-state index in [2.05, 4.69) is 65.4 Å². The minimum Gasteiger partial charge on any atom is -0.297 e. The molecule has 0 saturated heterocycles. The highest BCUT2D eigenvalue weighted by Gasteiger charge is 2.38. The van der Waals surface area contributed by atoms with Crippen molar-refractivity contribution in [2.24, 2.45) is 20.8 Å². The lowest BCUT2D eigenvalue weighted by Gasteiger charge is -2.31. The molecule has 0 aromatic rings. The largest absolute Gasteiger partial charge is 0.297 e. The van der Waals surface area contributed by atoms with Crippen LogP contribution in [0.2, 0.25) is 0 Å². The van der Waals surface area contributed by atoms with E-state index in [4.69, 9.17) is 0 Å². The van der Waals surface area contributed by atoms with Crippen molar-refractivity contribution in [1.29, 1.82) is 0 Å². The zero-order valence-corrected chi connectivity index (χ0v) is 15.6. The molecule has 0 aromatic carbocycles. The summed E-state index contributed by atoms with van der Waals surface area (Å²) in [6.07, 6.45) is 1.04. The van der Waals surface area contributed by atoms with E-state index in [1.807, 2.05) is 14.1 Å². The average molecular weight is 288 g/mol. The molecule has 1 aliphatic carbocycles.